The van der Waals surface area contributed by atoms with E-state index in [2.05, 4.69) is 16.0 Å². The Hall–Kier alpha value is -2.78. The molecule has 0 spiro atoms. The smallest absolute Gasteiger partial charge is 0.251 e. The van der Waals surface area contributed by atoms with Crippen LogP contribution < -0.4 is 27.4 Å². The van der Waals surface area contributed by atoms with Crippen LogP contribution in [-0.2, 0) is 9.59 Å². The number of ketones is 1. The number of benzene rings is 1. The second kappa shape index (κ2) is 13.5. The molecular weight excluding hydrogens is 398 g/mol. The van der Waals surface area contributed by atoms with Crippen LogP contribution in [0.25, 0.3) is 0 Å². The van der Waals surface area contributed by atoms with Crippen molar-refractivity contribution in [3.05, 3.63) is 35.4 Å². The first kappa shape index (κ1) is 26.3. The molecular formula is C22H35N5O4. The molecule has 1 aromatic rings. The van der Waals surface area contributed by atoms with Gasteiger partial charge in [-0.15, -0.1) is 0 Å². The van der Waals surface area contributed by atoms with E-state index in [-0.39, 0.29) is 30.2 Å². The van der Waals surface area contributed by atoms with Gasteiger partial charge in [-0.1, -0.05) is 26.0 Å². The normalized spacial score (nSPS) is 12.8. The molecule has 0 fully saturated rings. The van der Waals surface area contributed by atoms with Crippen molar-refractivity contribution in [2.45, 2.75) is 58.5 Å². The number of nitrogens with two attached hydrogens (primary N) is 2. The summed E-state index contributed by atoms with van der Waals surface area (Å²) in [6.07, 6.45) is 2.18. The van der Waals surface area contributed by atoms with Crippen LogP contribution in [0.1, 0.15) is 67.2 Å². The van der Waals surface area contributed by atoms with E-state index in [9.17, 15) is 19.2 Å². The predicted molar refractivity (Wildman–Crippen MR) is 119 cm³/mol. The highest BCUT2D eigenvalue weighted by atomic mass is 16.2. The van der Waals surface area contributed by atoms with Crippen LogP contribution in [0.3, 0.4) is 0 Å². The third-order valence-corrected chi connectivity index (χ3v) is 4.81. The lowest BCUT2D eigenvalue weighted by molar-refractivity contribution is -0.129. The molecule has 3 amide bonds. The third-order valence-electron chi connectivity index (χ3n) is 4.81. The van der Waals surface area contributed by atoms with E-state index in [0.717, 1.165) is 0 Å². The minimum absolute atomic E-state index is 0.0580. The average Bonchev–Trinajstić information content (AvgIpc) is 2.71. The number of unbranched alkanes of at least 4 members (excludes halogenated alkanes) is 1. The second-order valence-electron chi connectivity index (χ2n) is 7.94. The number of Topliss-reactive ketones (excluding diaryl/α,β-unsaturated/α-hetero) is 1. The average molecular weight is 434 g/mol. The standard InChI is InChI=1S/C22H35N5O4/c1-14(2)12-19(26-13-23)22(31)27-18(20(24)29)6-4-5-11-25-21(30)17-9-7-16(8-10-17)15(3)28/h7-10,14,18-19,26H,4-6,11-13,23H2,1-3H3,(H2,24,29)(H,25,30)(H,27,31)/t18-,19-/m0/s1. The van der Waals surface area contributed by atoms with Crippen molar-refractivity contribution in [2.24, 2.45) is 17.4 Å². The van der Waals surface area contributed by atoms with Gasteiger partial charge in [0.25, 0.3) is 5.91 Å². The molecule has 0 bridgehead atoms. The molecule has 0 radical (unpaired) electrons. The predicted octanol–water partition coefficient (Wildman–Crippen LogP) is 0.680. The van der Waals surface area contributed by atoms with Crippen molar-refractivity contribution in [2.75, 3.05) is 13.2 Å². The zero-order chi connectivity index (χ0) is 23.4. The summed E-state index contributed by atoms with van der Waals surface area (Å²) in [6.45, 7) is 6.03. The van der Waals surface area contributed by atoms with Gasteiger partial charge in [0.2, 0.25) is 11.8 Å². The largest absolute Gasteiger partial charge is 0.368 e. The lowest BCUT2D eigenvalue weighted by atomic mass is 10.0. The molecule has 172 valence electrons. The van der Waals surface area contributed by atoms with Crippen LogP contribution in [0, 0.1) is 5.92 Å². The maximum atomic E-state index is 12.5. The molecule has 9 nitrogen and oxygen atoms in total. The summed E-state index contributed by atoms with van der Waals surface area (Å²) in [5, 5.41) is 8.42. The molecule has 0 saturated heterocycles. The first-order valence-corrected chi connectivity index (χ1v) is 10.6. The van der Waals surface area contributed by atoms with E-state index < -0.39 is 18.0 Å². The van der Waals surface area contributed by atoms with Crippen LogP contribution in [-0.4, -0.2) is 48.8 Å². The summed E-state index contributed by atoms with van der Waals surface area (Å²) in [6, 6.07) is 5.17. The maximum absolute atomic E-state index is 12.5. The monoisotopic (exact) mass is 433 g/mol. The first-order valence-electron chi connectivity index (χ1n) is 10.6. The molecule has 9 heteroatoms. The van der Waals surface area contributed by atoms with Crippen molar-refractivity contribution < 1.29 is 19.2 Å². The molecule has 1 aromatic carbocycles. The van der Waals surface area contributed by atoms with Crippen molar-refractivity contribution in [1.29, 1.82) is 0 Å². The molecule has 0 aromatic heterocycles. The Bertz CT molecular complexity index is 749. The zero-order valence-corrected chi connectivity index (χ0v) is 18.6. The summed E-state index contributed by atoms with van der Waals surface area (Å²) in [5.74, 6) is -0.912. The number of primary amides is 1. The van der Waals surface area contributed by atoms with Gasteiger partial charge in [0.1, 0.15) is 6.04 Å². The lowest BCUT2D eigenvalue weighted by Crippen LogP contribution is -2.53. The Labute approximate surface area is 183 Å². The van der Waals surface area contributed by atoms with Gasteiger partial charge < -0.3 is 22.1 Å². The molecule has 0 unspecified atom stereocenters. The number of carbonyl (C=O) groups excluding carboxylic acids is 4. The highest BCUT2D eigenvalue weighted by molar-refractivity contribution is 5.97. The zero-order valence-electron chi connectivity index (χ0n) is 18.6. The summed E-state index contributed by atoms with van der Waals surface area (Å²) in [7, 11) is 0. The van der Waals surface area contributed by atoms with Crippen molar-refractivity contribution in [1.82, 2.24) is 16.0 Å². The number of rotatable bonds is 14. The highest BCUT2D eigenvalue weighted by Crippen LogP contribution is 2.08. The number of hydrogen-bond acceptors (Lipinski definition) is 6. The van der Waals surface area contributed by atoms with E-state index >= 15 is 0 Å². The number of nitrogens with one attached hydrogen (secondary N) is 3. The Morgan fingerprint density at radius 2 is 1.58 bits per heavy atom. The van der Waals surface area contributed by atoms with Crippen LogP contribution in [0.2, 0.25) is 0 Å². The topological polar surface area (TPSA) is 156 Å². The van der Waals surface area contributed by atoms with E-state index in [4.69, 9.17) is 11.5 Å². The molecule has 0 heterocycles. The van der Waals surface area contributed by atoms with Gasteiger partial charge in [0.05, 0.1) is 6.04 Å². The summed E-state index contributed by atoms with van der Waals surface area (Å²) >= 11 is 0. The van der Waals surface area contributed by atoms with E-state index in [1.165, 1.54) is 6.92 Å². The SMILES string of the molecule is CC(=O)c1ccc(C(=O)NCCCC[C@H](NC(=O)[C@H](CC(C)C)NCN)C(N)=O)cc1. The Morgan fingerprint density at radius 1 is 0.968 bits per heavy atom. The maximum Gasteiger partial charge on any atom is 0.251 e. The van der Waals surface area contributed by atoms with Crippen LogP contribution in [0.4, 0.5) is 0 Å². The van der Waals surface area contributed by atoms with Gasteiger partial charge in [-0.05, 0) is 50.7 Å². The fourth-order valence-corrected chi connectivity index (χ4v) is 3.09. The van der Waals surface area contributed by atoms with Gasteiger partial charge in [0.15, 0.2) is 5.78 Å². The molecule has 0 aliphatic rings. The van der Waals surface area contributed by atoms with Gasteiger partial charge >= 0.3 is 0 Å². The van der Waals surface area contributed by atoms with E-state index in [1.807, 2.05) is 13.8 Å². The van der Waals surface area contributed by atoms with Crippen molar-refractivity contribution >= 4 is 23.5 Å². The fraction of sp³-hybridized carbons (Fsp3) is 0.545. The van der Waals surface area contributed by atoms with Crippen LogP contribution in [0.5, 0.6) is 0 Å². The van der Waals surface area contributed by atoms with Gasteiger partial charge in [-0.2, -0.15) is 0 Å². The van der Waals surface area contributed by atoms with E-state index in [1.54, 1.807) is 24.3 Å². The lowest BCUT2D eigenvalue weighted by Gasteiger charge is -2.22. The van der Waals surface area contributed by atoms with Gasteiger partial charge in [-0.3, -0.25) is 24.5 Å². The van der Waals surface area contributed by atoms with Gasteiger partial charge in [0, 0.05) is 24.3 Å². The molecule has 0 aliphatic heterocycles. The number of amides is 3. The Kier molecular flexibility index (Phi) is 11.4. The summed E-state index contributed by atoms with van der Waals surface area (Å²) in [4.78, 5) is 47.7. The highest BCUT2D eigenvalue weighted by Gasteiger charge is 2.24. The van der Waals surface area contributed by atoms with Gasteiger partial charge in [-0.25, -0.2) is 0 Å². The Morgan fingerprint density at radius 3 is 2.10 bits per heavy atom. The minimum Gasteiger partial charge on any atom is -0.368 e. The second-order valence-corrected chi connectivity index (χ2v) is 7.94. The number of carbonyl (C=O) groups is 4. The molecule has 7 N–H and O–H groups in total. The molecule has 0 aliphatic carbocycles. The fourth-order valence-electron chi connectivity index (χ4n) is 3.09. The minimum atomic E-state index is -0.781. The molecule has 31 heavy (non-hydrogen) atoms. The van der Waals surface area contributed by atoms with Crippen molar-refractivity contribution in [3.8, 4) is 0 Å². The molecule has 0 saturated carbocycles. The summed E-state index contributed by atoms with van der Waals surface area (Å²) in [5.41, 5.74) is 12.0. The molecule has 1 rings (SSSR count). The van der Waals surface area contributed by atoms with Crippen molar-refractivity contribution in [3.63, 3.8) is 0 Å². The molecule has 2 atom stereocenters. The quantitative estimate of drug-likeness (QED) is 0.165. The van der Waals surface area contributed by atoms with Crippen LogP contribution >= 0.6 is 0 Å². The third kappa shape index (κ3) is 9.71. The van der Waals surface area contributed by atoms with E-state index in [0.29, 0.717) is 43.4 Å². The summed E-state index contributed by atoms with van der Waals surface area (Å²) < 4.78 is 0. The number of hydrogen-bond donors (Lipinski definition) is 5. The van der Waals surface area contributed by atoms with Crippen LogP contribution in [0.15, 0.2) is 24.3 Å². The first-order chi connectivity index (χ1) is 14.6. The Balaban J connectivity index is 2.44.